The zero-order valence-corrected chi connectivity index (χ0v) is 22.1. The second-order valence-corrected chi connectivity index (χ2v) is 8.75. The van der Waals surface area contributed by atoms with Crippen molar-refractivity contribution in [1.82, 2.24) is 9.55 Å². The van der Waals surface area contributed by atoms with Crippen LogP contribution < -0.4 is 19.7 Å². The van der Waals surface area contributed by atoms with Crippen LogP contribution in [0, 0.1) is 12.1 Å². The Balaban J connectivity index is 0.00000252. The van der Waals surface area contributed by atoms with E-state index in [9.17, 15) is 0 Å². The van der Waals surface area contributed by atoms with Crippen molar-refractivity contribution in [2.45, 2.75) is 0 Å². The summed E-state index contributed by atoms with van der Waals surface area (Å²) in [4.78, 5) is 6.77. The maximum absolute atomic E-state index is 6.23. The molecule has 1 aliphatic heterocycles. The van der Waals surface area contributed by atoms with Crippen LogP contribution in [0.2, 0.25) is 0 Å². The molecule has 7 heteroatoms. The Morgan fingerprint density at radius 3 is 2.43 bits per heavy atom. The van der Waals surface area contributed by atoms with Gasteiger partial charge in [-0.25, -0.2) is 4.98 Å². The average Bonchev–Trinajstić information content (AvgIpc) is 3.44. The molecular formula is C30H20BN3O2Pt. The summed E-state index contributed by atoms with van der Waals surface area (Å²) >= 11 is 0. The normalized spacial score (nSPS) is 12.4. The van der Waals surface area contributed by atoms with E-state index in [2.05, 4.69) is 56.8 Å². The molecule has 0 atom stereocenters. The van der Waals surface area contributed by atoms with Gasteiger partial charge in [-0.2, -0.15) is 18.2 Å². The van der Waals surface area contributed by atoms with Gasteiger partial charge in [0.1, 0.15) is 11.4 Å². The smallest absolute Gasteiger partial charge is 0.537 e. The quantitative estimate of drug-likeness (QED) is 0.177. The molecule has 180 valence electrons. The number of hydrogen-bond donors (Lipinski definition) is 0. The Morgan fingerprint density at radius 2 is 1.54 bits per heavy atom. The van der Waals surface area contributed by atoms with Gasteiger partial charge in [0.2, 0.25) is 0 Å². The topological polar surface area (TPSA) is 39.5 Å². The van der Waals surface area contributed by atoms with Crippen LogP contribution in [0.5, 0.6) is 17.2 Å². The minimum Gasteiger partial charge on any atom is -0.537 e. The van der Waals surface area contributed by atoms with Crippen molar-refractivity contribution >= 4 is 40.1 Å². The Kier molecular flexibility index (Phi) is 5.98. The average molecular weight is 660 g/mol. The summed E-state index contributed by atoms with van der Waals surface area (Å²) in [5, 5.41) is 2.26. The SMILES string of the molecule is CN1B(c2[c-]c(Oc3[c-]c(-n4c5ccccc5c5cccnc54)ccc3)ccc2)Oc2ccccc21.[Pt+2]. The molecule has 0 saturated carbocycles. The minimum atomic E-state index is -0.259. The molecule has 0 fully saturated rings. The van der Waals surface area contributed by atoms with Crippen molar-refractivity contribution in [3.63, 3.8) is 0 Å². The van der Waals surface area contributed by atoms with Gasteiger partial charge in [0.05, 0.1) is 11.2 Å². The van der Waals surface area contributed by atoms with E-state index in [1.807, 2.05) is 80.0 Å². The third-order valence-corrected chi connectivity index (χ3v) is 6.54. The minimum absolute atomic E-state index is 0. The van der Waals surface area contributed by atoms with Crippen molar-refractivity contribution in [3.8, 4) is 22.9 Å². The Labute approximate surface area is 229 Å². The third kappa shape index (κ3) is 3.98. The standard InChI is InChI=1S/C30H20BN3O2.Pt/c1-33-28-16-4-5-17-29(28)36-31(33)21-9-6-11-23(19-21)35-24-12-7-10-22(20-24)34-27-15-3-2-13-25(27)26-14-8-18-32-30(26)34;/h2-18H,1H3;/q-2;+2. The van der Waals surface area contributed by atoms with Crippen molar-refractivity contribution in [2.24, 2.45) is 0 Å². The van der Waals surface area contributed by atoms with Crippen LogP contribution in [0.1, 0.15) is 0 Å². The van der Waals surface area contributed by atoms with Crippen molar-refractivity contribution in [3.05, 3.63) is 115 Å². The number of para-hydroxylation sites is 3. The van der Waals surface area contributed by atoms with Crippen LogP contribution in [-0.4, -0.2) is 23.6 Å². The fourth-order valence-corrected chi connectivity index (χ4v) is 4.90. The predicted molar refractivity (Wildman–Crippen MR) is 144 cm³/mol. The van der Waals surface area contributed by atoms with Crippen molar-refractivity contribution in [2.75, 3.05) is 11.9 Å². The van der Waals surface area contributed by atoms with Gasteiger partial charge in [-0.1, -0.05) is 36.0 Å². The molecule has 4 aromatic carbocycles. The number of anilines is 1. The van der Waals surface area contributed by atoms with Crippen LogP contribution in [0.3, 0.4) is 0 Å². The molecule has 0 aliphatic carbocycles. The fourth-order valence-electron chi connectivity index (χ4n) is 4.90. The van der Waals surface area contributed by atoms with E-state index in [1.165, 1.54) is 0 Å². The number of fused-ring (bicyclic) bond motifs is 4. The third-order valence-electron chi connectivity index (χ3n) is 6.54. The zero-order chi connectivity index (χ0) is 24.1. The molecular weight excluding hydrogens is 640 g/mol. The number of ether oxygens (including phenoxy) is 1. The number of hydrogen-bond acceptors (Lipinski definition) is 4. The molecule has 5 nitrogen and oxygen atoms in total. The molecule has 0 bridgehead atoms. The zero-order valence-electron chi connectivity index (χ0n) is 19.9. The van der Waals surface area contributed by atoms with E-state index in [-0.39, 0.29) is 28.1 Å². The first kappa shape index (κ1) is 23.4. The fraction of sp³-hybridized carbons (Fsp3) is 0.0333. The Morgan fingerprint density at radius 1 is 0.784 bits per heavy atom. The van der Waals surface area contributed by atoms with Crippen LogP contribution in [-0.2, 0) is 21.1 Å². The Hall–Kier alpha value is -4.02. The van der Waals surface area contributed by atoms with Crippen LogP contribution in [0.15, 0.2) is 103 Å². The molecule has 2 aromatic heterocycles. The maximum Gasteiger partial charge on any atom is 2.00 e. The van der Waals surface area contributed by atoms with E-state index in [1.54, 1.807) is 0 Å². The van der Waals surface area contributed by atoms with E-state index in [0.717, 1.165) is 44.5 Å². The van der Waals surface area contributed by atoms with Gasteiger partial charge in [0, 0.05) is 28.5 Å². The number of pyridine rings is 1. The molecule has 3 heterocycles. The summed E-state index contributed by atoms with van der Waals surface area (Å²) in [5.74, 6) is 2.08. The van der Waals surface area contributed by atoms with Crippen LogP contribution >= 0.6 is 0 Å². The molecule has 37 heavy (non-hydrogen) atoms. The maximum atomic E-state index is 6.23. The van der Waals surface area contributed by atoms with E-state index >= 15 is 0 Å². The Bertz CT molecular complexity index is 1700. The molecule has 0 spiro atoms. The largest absolute Gasteiger partial charge is 2.00 e. The molecule has 0 radical (unpaired) electrons. The van der Waals surface area contributed by atoms with Gasteiger partial charge in [-0.3, -0.25) is 0 Å². The summed E-state index contributed by atoms with van der Waals surface area (Å²) in [6.45, 7) is 0. The summed E-state index contributed by atoms with van der Waals surface area (Å²) in [5.41, 5.74) is 4.79. The molecule has 0 amide bonds. The van der Waals surface area contributed by atoms with Crippen molar-refractivity contribution < 1.29 is 30.5 Å². The van der Waals surface area contributed by atoms with Gasteiger partial charge < -0.3 is 18.8 Å². The summed E-state index contributed by atoms with van der Waals surface area (Å²) < 4.78 is 14.5. The van der Waals surface area contributed by atoms with Crippen LogP contribution in [0.25, 0.3) is 27.6 Å². The summed E-state index contributed by atoms with van der Waals surface area (Å²) in [6, 6.07) is 39.0. The second kappa shape index (κ2) is 9.46. The van der Waals surface area contributed by atoms with Gasteiger partial charge in [-0.05, 0) is 37.4 Å². The molecule has 7 rings (SSSR count). The summed E-state index contributed by atoms with van der Waals surface area (Å²) in [7, 11) is 1.76. The number of rotatable bonds is 4. The first-order chi connectivity index (χ1) is 17.8. The van der Waals surface area contributed by atoms with E-state index in [0.29, 0.717) is 11.5 Å². The number of aromatic nitrogens is 2. The number of nitrogens with zero attached hydrogens (tertiary/aromatic N) is 3. The van der Waals surface area contributed by atoms with Gasteiger partial charge in [-0.15, -0.1) is 35.8 Å². The van der Waals surface area contributed by atoms with Gasteiger partial charge >= 0.3 is 28.1 Å². The van der Waals surface area contributed by atoms with E-state index < -0.39 is 0 Å². The molecule has 0 saturated heterocycles. The first-order valence-corrected chi connectivity index (χ1v) is 11.8. The molecule has 6 aromatic rings. The second-order valence-electron chi connectivity index (χ2n) is 8.75. The summed E-state index contributed by atoms with van der Waals surface area (Å²) in [6.07, 6.45) is 1.82. The monoisotopic (exact) mass is 660 g/mol. The van der Waals surface area contributed by atoms with Gasteiger partial charge in [0.25, 0.3) is 0 Å². The first-order valence-electron chi connectivity index (χ1n) is 11.8. The molecule has 0 N–H and O–H groups in total. The van der Waals surface area contributed by atoms with Crippen molar-refractivity contribution in [1.29, 1.82) is 0 Å². The van der Waals surface area contributed by atoms with E-state index in [4.69, 9.17) is 9.39 Å². The van der Waals surface area contributed by atoms with Crippen LogP contribution in [0.4, 0.5) is 5.69 Å². The predicted octanol–water partition coefficient (Wildman–Crippen LogP) is 5.79. The van der Waals surface area contributed by atoms with Gasteiger partial charge in [0.15, 0.2) is 0 Å². The molecule has 0 unspecified atom stereocenters. The molecule has 1 aliphatic rings. The number of benzene rings is 4.